The summed E-state index contributed by atoms with van der Waals surface area (Å²) >= 11 is 0. The second-order valence-electron chi connectivity index (χ2n) is 6.31. The molecule has 2 rings (SSSR count). The predicted octanol–water partition coefficient (Wildman–Crippen LogP) is 3.63. The molecule has 140 valence electrons. The fraction of sp³-hybridized carbons (Fsp3) is 0.316. The lowest BCUT2D eigenvalue weighted by Gasteiger charge is -2.23. The van der Waals surface area contributed by atoms with Crippen LogP contribution in [0.15, 0.2) is 42.5 Å². The summed E-state index contributed by atoms with van der Waals surface area (Å²) in [7, 11) is -3.47. The minimum atomic E-state index is -3.47. The van der Waals surface area contributed by atoms with Gasteiger partial charge in [-0.15, -0.1) is 0 Å². The highest BCUT2D eigenvalue weighted by molar-refractivity contribution is 7.92. The predicted molar refractivity (Wildman–Crippen MR) is 102 cm³/mol. The van der Waals surface area contributed by atoms with Gasteiger partial charge in [0.05, 0.1) is 17.6 Å². The normalized spacial score (nSPS) is 11.2. The molecule has 7 heteroatoms. The number of hydrogen-bond acceptors (Lipinski definition) is 3. The van der Waals surface area contributed by atoms with Crippen molar-refractivity contribution in [3.05, 3.63) is 59.4 Å². The van der Waals surface area contributed by atoms with E-state index >= 15 is 0 Å². The molecule has 1 N–H and O–H groups in total. The summed E-state index contributed by atoms with van der Waals surface area (Å²) in [6.45, 7) is 3.98. The summed E-state index contributed by atoms with van der Waals surface area (Å²) in [4.78, 5) is 12.0. The van der Waals surface area contributed by atoms with E-state index < -0.39 is 15.8 Å². The first kappa shape index (κ1) is 19.9. The van der Waals surface area contributed by atoms with E-state index in [0.717, 1.165) is 17.4 Å². The number of rotatable bonds is 7. The Balaban J connectivity index is 2.02. The Morgan fingerprint density at radius 3 is 2.31 bits per heavy atom. The van der Waals surface area contributed by atoms with Crippen LogP contribution in [0.25, 0.3) is 0 Å². The maximum Gasteiger partial charge on any atom is 0.232 e. The number of para-hydroxylation sites is 1. The number of carbonyl (C=O) groups is 1. The highest BCUT2D eigenvalue weighted by Gasteiger charge is 2.18. The first-order valence-electron chi connectivity index (χ1n) is 8.27. The average molecular weight is 378 g/mol. The van der Waals surface area contributed by atoms with Gasteiger partial charge < -0.3 is 5.32 Å². The minimum absolute atomic E-state index is 0.0884. The zero-order valence-electron chi connectivity index (χ0n) is 15.1. The van der Waals surface area contributed by atoms with Crippen LogP contribution >= 0.6 is 0 Å². The Kier molecular flexibility index (Phi) is 6.37. The van der Waals surface area contributed by atoms with Gasteiger partial charge in [0.15, 0.2) is 0 Å². The van der Waals surface area contributed by atoms with Crippen LogP contribution in [0.4, 0.5) is 15.8 Å². The quantitative estimate of drug-likeness (QED) is 0.800. The Bertz CT molecular complexity index is 877. The molecule has 0 saturated carbocycles. The summed E-state index contributed by atoms with van der Waals surface area (Å²) in [5.74, 6) is -0.863. The molecule has 0 unspecified atom stereocenters. The molecule has 0 bridgehead atoms. The Labute approximate surface area is 153 Å². The Morgan fingerprint density at radius 2 is 1.73 bits per heavy atom. The third-order valence-corrected chi connectivity index (χ3v) is 5.00. The van der Waals surface area contributed by atoms with E-state index in [1.807, 2.05) is 19.9 Å². The molecule has 26 heavy (non-hydrogen) atoms. The van der Waals surface area contributed by atoms with Crippen LogP contribution in [0.2, 0.25) is 0 Å². The van der Waals surface area contributed by atoms with E-state index in [2.05, 4.69) is 5.32 Å². The van der Waals surface area contributed by atoms with Crippen molar-refractivity contribution < 1.29 is 17.6 Å². The first-order valence-corrected chi connectivity index (χ1v) is 10.1. The summed E-state index contributed by atoms with van der Waals surface area (Å²) in [6, 6.07) is 11.5. The molecule has 2 aromatic carbocycles. The number of anilines is 2. The molecule has 0 fully saturated rings. The van der Waals surface area contributed by atoms with E-state index in [0.29, 0.717) is 12.1 Å². The molecule has 0 spiro atoms. The number of benzene rings is 2. The maximum atomic E-state index is 13.6. The zero-order valence-corrected chi connectivity index (χ0v) is 15.9. The van der Waals surface area contributed by atoms with Gasteiger partial charge in [0.1, 0.15) is 5.82 Å². The monoisotopic (exact) mass is 378 g/mol. The molecule has 0 aromatic heterocycles. The van der Waals surface area contributed by atoms with Crippen molar-refractivity contribution in [3.8, 4) is 0 Å². The van der Waals surface area contributed by atoms with Gasteiger partial charge in [-0.1, -0.05) is 18.2 Å². The van der Waals surface area contributed by atoms with Gasteiger partial charge in [0, 0.05) is 13.0 Å². The van der Waals surface area contributed by atoms with Gasteiger partial charge in [-0.3, -0.25) is 9.10 Å². The topological polar surface area (TPSA) is 66.5 Å². The number of nitrogens with zero attached hydrogens (tertiary/aromatic N) is 1. The molecule has 0 radical (unpaired) electrons. The fourth-order valence-corrected chi connectivity index (χ4v) is 3.69. The van der Waals surface area contributed by atoms with Crippen LogP contribution in [0.1, 0.15) is 24.0 Å². The van der Waals surface area contributed by atoms with Gasteiger partial charge >= 0.3 is 0 Å². The van der Waals surface area contributed by atoms with E-state index in [1.165, 1.54) is 16.4 Å². The third-order valence-electron chi connectivity index (χ3n) is 3.81. The van der Waals surface area contributed by atoms with Crippen LogP contribution in [-0.2, 0) is 14.8 Å². The van der Waals surface area contributed by atoms with Crippen molar-refractivity contribution in [2.45, 2.75) is 26.7 Å². The Morgan fingerprint density at radius 1 is 1.12 bits per heavy atom. The van der Waals surface area contributed by atoms with Gasteiger partial charge in [-0.05, 0) is 55.7 Å². The van der Waals surface area contributed by atoms with Crippen molar-refractivity contribution in [3.63, 3.8) is 0 Å². The highest BCUT2D eigenvalue weighted by Crippen LogP contribution is 2.22. The van der Waals surface area contributed by atoms with E-state index in [-0.39, 0.29) is 24.6 Å². The number of amides is 1. The van der Waals surface area contributed by atoms with Crippen molar-refractivity contribution in [2.75, 3.05) is 22.4 Å². The molecular weight excluding hydrogens is 355 g/mol. The summed E-state index contributed by atoms with van der Waals surface area (Å²) < 4.78 is 39.1. The first-order chi connectivity index (χ1) is 12.2. The van der Waals surface area contributed by atoms with Crippen LogP contribution in [0, 0.1) is 19.7 Å². The zero-order chi connectivity index (χ0) is 19.3. The van der Waals surface area contributed by atoms with Crippen molar-refractivity contribution in [1.82, 2.24) is 0 Å². The molecule has 0 aliphatic carbocycles. The SMILES string of the molecule is Cc1cc(C)cc(N(CCCC(=O)Nc2ccccc2F)S(C)(=O)=O)c1. The minimum Gasteiger partial charge on any atom is -0.324 e. The van der Waals surface area contributed by atoms with Crippen LogP contribution < -0.4 is 9.62 Å². The molecule has 2 aromatic rings. The number of nitrogens with one attached hydrogen (secondary N) is 1. The molecule has 0 atom stereocenters. The second kappa shape index (κ2) is 8.31. The van der Waals surface area contributed by atoms with E-state index in [9.17, 15) is 17.6 Å². The van der Waals surface area contributed by atoms with Crippen molar-refractivity contribution in [1.29, 1.82) is 0 Å². The molecule has 0 aliphatic rings. The lowest BCUT2D eigenvalue weighted by atomic mass is 10.1. The number of hydrogen-bond donors (Lipinski definition) is 1. The molecule has 0 aliphatic heterocycles. The van der Waals surface area contributed by atoms with Crippen molar-refractivity contribution >= 4 is 27.3 Å². The maximum absolute atomic E-state index is 13.6. The molecule has 0 saturated heterocycles. The smallest absolute Gasteiger partial charge is 0.232 e. The van der Waals surface area contributed by atoms with Gasteiger partial charge in [-0.2, -0.15) is 0 Å². The number of aryl methyl sites for hydroxylation is 2. The standard InChI is InChI=1S/C19H23FN2O3S/c1-14-11-15(2)13-16(12-14)22(26(3,24)25)10-6-9-19(23)21-18-8-5-4-7-17(18)20/h4-5,7-8,11-13H,6,9-10H2,1-3H3,(H,21,23). The Hall–Kier alpha value is -2.41. The van der Waals surface area contributed by atoms with Gasteiger partial charge in [0.2, 0.25) is 15.9 Å². The van der Waals surface area contributed by atoms with Crippen LogP contribution in [0.3, 0.4) is 0 Å². The summed E-state index contributed by atoms with van der Waals surface area (Å²) in [5, 5.41) is 2.50. The number of halogens is 1. The molecule has 0 heterocycles. The average Bonchev–Trinajstić information content (AvgIpc) is 2.51. The fourth-order valence-electron chi connectivity index (χ4n) is 2.74. The number of sulfonamides is 1. The van der Waals surface area contributed by atoms with E-state index in [1.54, 1.807) is 24.3 Å². The van der Waals surface area contributed by atoms with Crippen LogP contribution in [-0.4, -0.2) is 27.1 Å². The summed E-state index contributed by atoms with van der Waals surface area (Å²) in [6.07, 6.45) is 1.55. The van der Waals surface area contributed by atoms with E-state index in [4.69, 9.17) is 0 Å². The van der Waals surface area contributed by atoms with Gasteiger partial charge in [-0.25, -0.2) is 12.8 Å². The molecule has 5 nitrogen and oxygen atoms in total. The molecule has 1 amide bonds. The summed E-state index contributed by atoms with van der Waals surface area (Å²) in [5.41, 5.74) is 2.63. The lowest BCUT2D eigenvalue weighted by molar-refractivity contribution is -0.116. The number of carbonyl (C=O) groups excluding carboxylic acids is 1. The van der Waals surface area contributed by atoms with Crippen LogP contribution in [0.5, 0.6) is 0 Å². The largest absolute Gasteiger partial charge is 0.324 e. The second-order valence-corrected chi connectivity index (χ2v) is 8.22. The lowest BCUT2D eigenvalue weighted by Crippen LogP contribution is -2.31. The van der Waals surface area contributed by atoms with Gasteiger partial charge in [0.25, 0.3) is 0 Å². The molecular formula is C19H23FN2O3S. The van der Waals surface area contributed by atoms with Crippen molar-refractivity contribution in [2.24, 2.45) is 0 Å². The highest BCUT2D eigenvalue weighted by atomic mass is 32.2. The third kappa shape index (κ3) is 5.56.